The first-order valence-electron chi connectivity index (χ1n) is 6.94. The zero-order valence-electron chi connectivity index (χ0n) is 13.0. The molecule has 1 N–H and O–H groups in total. The predicted molar refractivity (Wildman–Crippen MR) is 87.5 cm³/mol. The topological polar surface area (TPSA) is 84.8 Å². The summed E-state index contributed by atoms with van der Waals surface area (Å²) in [6.45, 7) is 1.85. The van der Waals surface area contributed by atoms with E-state index in [1.165, 1.54) is 0 Å². The molecule has 2 heterocycles. The van der Waals surface area contributed by atoms with Crippen LogP contribution in [0, 0.1) is 6.92 Å². The number of fused-ring (bicyclic) bond motifs is 1. The molecule has 2 aromatic heterocycles. The van der Waals surface area contributed by atoms with Crippen molar-refractivity contribution in [2.45, 2.75) is 20.1 Å². The molecule has 0 amide bonds. The Morgan fingerprint density at radius 3 is 2.74 bits per heavy atom. The van der Waals surface area contributed by atoms with E-state index in [-0.39, 0.29) is 13.2 Å². The Balaban J connectivity index is 2.03. The minimum absolute atomic E-state index is 0.177. The third-order valence-corrected chi connectivity index (χ3v) is 3.82. The van der Waals surface area contributed by atoms with E-state index >= 15 is 0 Å². The van der Waals surface area contributed by atoms with Gasteiger partial charge in [0.25, 0.3) is 6.01 Å². The number of aromatic nitrogens is 2. The van der Waals surface area contributed by atoms with Crippen LogP contribution < -0.4 is 9.64 Å². The molecular weight excluding hydrogens is 366 g/mol. The Bertz CT molecular complexity index is 841. The van der Waals surface area contributed by atoms with Gasteiger partial charge in [0.15, 0.2) is 22.6 Å². The molecule has 3 rings (SSSR count). The van der Waals surface area contributed by atoms with Gasteiger partial charge in [-0.1, -0.05) is 5.16 Å². The van der Waals surface area contributed by atoms with Crippen molar-refractivity contribution < 1.29 is 18.8 Å². The van der Waals surface area contributed by atoms with Gasteiger partial charge in [-0.3, -0.25) is 0 Å². The van der Waals surface area contributed by atoms with Gasteiger partial charge in [-0.05, 0) is 28.9 Å². The van der Waals surface area contributed by atoms with E-state index in [1.54, 1.807) is 17.0 Å². The molecule has 0 bridgehead atoms. The number of oxazole rings is 1. The van der Waals surface area contributed by atoms with Crippen LogP contribution in [0.15, 0.2) is 25.5 Å². The SMILES string of the molecule is Cc1cc(COc2c(CO)cc(Br)c3oc(N(C)C)nc23)on1. The Labute approximate surface area is 141 Å². The van der Waals surface area contributed by atoms with Crippen LogP contribution in [-0.4, -0.2) is 29.3 Å². The molecule has 122 valence electrons. The monoisotopic (exact) mass is 381 g/mol. The lowest BCUT2D eigenvalue weighted by Gasteiger charge is -2.09. The van der Waals surface area contributed by atoms with E-state index in [9.17, 15) is 5.11 Å². The van der Waals surface area contributed by atoms with Crippen molar-refractivity contribution in [1.29, 1.82) is 0 Å². The van der Waals surface area contributed by atoms with E-state index < -0.39 is 0 Å². The normalized spacial score (nSPS) is 11.2. The van der Waals surface area contributed by atoms with Gasteiger partial charge < -0.3 is 23.7 Å². The smallest absolute Gasteiger partial charge is 0.298 e. The van der Waals surface area contributed by atoms with Gasteiger partial charge in [0, 0.05) is 25.7 Å². The van der Waals surface area contributed by atoms with Crippen molar-refractivity contribution >= 4 is 33.0 Å². The molecule has 0 fully saturated rings. The number of nitrogens with zero attached hydrogens (tertiary/aromatic N) is 3. The molecule has 0 radical (unpaired) electrons. The molecule has 8 heteroatoms. The summed E-state index contributed by atoms with van der Waals surface area (Å²) in [4.78, 5) is 6.20. The zero-order chi connectivity index (χ0) is 16.6. The number of hydrogen-bond acceptors (Lipinski definition) is 7. The second-order valence-corrected chi connectivity index (χ2v) is 6.15. The lowest BCUT2D eigenvalue weighted by molar-refractivity contribution is 0.235. The van der Waals surface area contributed by atoms with E-state index in [1.807, 2.05) is 21.0 Å². The summed E-state index contributed by atoms with van der Waals surface area (Å²) in [6, 6.07) is 4.01. The fourth-order valence-electron chi connectivity index (χ4n) is 2.16. The molecule has 0 saturated heterocycles. The molecule has 0 aliphatic rings. The average molecular weight is 382 g/mol. The van der Waals surface area contributed by atoms with Crippen LogP contribution in [0.1, 0.15) is 17.0 Å². The lowest BCUT2D eigenvalue weighted by atomic mass is 10.2. The Kier molecular flexibility index (Phi) is 4.27. The number of benzene rings is 1. The van der Waals surface area contributed by atoms with Crippen LogP contribution in [0.25, 0.3) is 11.1 Å². The zero-order valence-corrected chi connectivity index (χ0v) is 14.5. The van der Waals surface area contributed by atoms with Crippen molar-refractivity contribution in [3.05, 3.63) is 33.6 Å². The maximum atomic E-state index is 9.61. The number of aliphatic hydroxyl groups excluding tert-OH is 1. The molecule has 7 nitrogen and oxygen atoms in total. The van der Waals surface area contributed by atoms with Crippen molar-refractivity contribution in [2.75, 3.05) is 19.0 Å². The van der Waals surface area contributed by atoms with E-state index in [0.717, 1.165) is 5.69 Å². The molecule has 3 aromatic rings. The van der Waals surface area contributed by atoms with Gasteiger partial charge >= 0.3 is 0 Å². The number of anilines is 1. The van der Waals surface area contributed by atoms with Crippen molar-refractivity contribution in [1.82, 2.24) is 10.1 Å². The lowest BCUT2D eigenvalue weighted by Crippen LogP contribution is -2.08. The van der Waals surface area contributed by atoms with Crippen LogP contribution in [0.5, 0.6) is 5.75 Å². The minimum atomic E-state index is -0.177. The third kappa shape index (κ3) is 3.04. The number of hydrogen-bond donors (Lipinski definition) is 1. The van der Waals surface area contributed by atoms with Gasteiger partial charge in [0.1, 0.15) is 6.61 Å². The molecule has 0 unspecified atom stereocenters. The van der Waals surface area contributed by atoms with Gasteiger partial charge in [-0.15, -0.1) is 0 Å². The van der Waals surface area contributed by atoms with Gasteiger partial charge in [0.2, 0.25) is 0 Å². The van der Waals surface area contributed by atoms with Crippen molar-refractivity contribution in [2.24, 2.45) is 0 Å². The molecule has 0 saturated carbocycles. The average Bonchev–Trinajstić information content (AvgIpc) is 3.13. The van der Waals surface area contributed by atoms with Gasteiger partial charge in [0.05, 0.1) is 16.8 Å². The molecule has 23 heavy (non-hydrogen) atoms. The van der Waals surface area contributed by atoms with Gasteiger partial charge in [-0.25, -0.2) is 0 Å². The first-order valence-corrected chi connectivity index (χ1v) is 7.74. The maximum Gasteiger partial charge on any atom is 0.298 e. The molecule has 0 aliphatic carbocycles. The van der Waals surface area contributed by atoms with Crippen molar-refractivity contribution in [3.8, 4) is 5.75 Å². The number of ether oxygens (including phenoxy) is 1. The van der Waals surface area contributed by atoms with Crippen LogP contribution in [0.2, 0.25) is 0 Å². The Morgan fingerprint density at radius 2 is 2.13 bits per heavy atom. The van der Waals surface area contributed by atoms with E-state index in [2.05, 4.69) is 26.1 Å². The van der Waals surface area contributed by atoms with E-state index in [0.29, 0.717) is 38.7 Å². The maximum absolute atomic E-state index is 9.61. The standard InChI is InChI=1S/C15H16BrN3O4/c1-8-4-10(23-18-8)7-21-13-9(6-20)5-11(16)14-12(13)17-15(22-14)19(2)3/h4-5,20H,6-7H2,1-3H3. The highest BCUT2D eigenvalue weighted by Gasteiger charge is 2.20. The van der Waals surface area contributed by atoms with Gasteiger partial charge in [-0.2, -0.15) is 4.98 Å². The number of aryl methyl sites for hydroxylation is 1. The Hall–Kier alpha value is -2.06. The largest absolute Gasteiger partial charge is 0.483 e. The summed E-state index contributed by atoms with van der Waals surface area (Å²) < 4.78 is 17.4. The first-order chi connectivity index (χ1) is 11.0. The summed E-state index contributed by atoms with van der Waals surface area (Å²) in [6.07, 6.45) is 0. The first kappa shape index (κ1) is 15.8. The quantitative estimate of drug-likeness (QED) is 0.726. The molecule has 1 aromatic carbocycles. The second-order valence-electron chi connectivity index (χ2n) is 5.30. The molecule has 0 aliphatic heterocycles. The summed E-state index contributed by atoms with van der Waals surface area (Å²) in [5.41, 5.74) is 2.50. The fraction of sp³-hybridized carbons (Fsp3) is 0.333. The molecule has 0 spiro atoms. The Morgan fingerprint density at radius 1 is 1.35 bits per heavy atom. The second kappa shape index (κ2) is 6.21. The summed E-state index contributed by atoms with van der Waals surface area (Å²) in [5.74, 6) is 1.07. The van der Waals surface area contributed by atoms with Crippen LogP contribution >= 0.6 is 15.9 Å². The van der Waals surface area contributed by atoms with Crippen LogP contribution in [-0.2, 0) is 13.2 Å². The number of aliphatic hydroxyl groups is 1. The van der Waals surface area contributed by atoms with Crippen LogP contribution in [0.3, 0.4) is 0 Å². The highest BCUT2D eigenvalue weighted by molar-refractivity contribution is 9.10. The minimum Gasteiger partial charge on any atom is -0.483 e. The number of halogens is 1. The summed E-state index contributed by atoms with van der Waals surface area (Å²) in [7, 11) is 3.67. The summed E-state index contributed by atoms with van der Waals surface area (Å²) >= 11 is 3.44. The predicted octanol–water partition coefficient (Wildman–Crippen LogP) is 3.02. The van der Waals surface area contributed by atoms with Crippen molar-refractivity contribution in [3.63, 3.8) is 0 Å². The van der Waals surface area contributed by atoms with E-state index in [4.69, 9.17) is 13.7 Å². The highest BCUT2D eigenvalue weighted by Crippen LogP contribution is 2.37. The molecule has 0 atom stereocenters. The molecular formula is C15H16BrN3O4. The summed E-state index contributed by atoms with van der Waals surface area (Å²) in [5, 5.41) is 13.4. The fourth-order valence-corrected chi connectivity index (χ4v) is 2.70. The van der Waals surface area contributed by atoms with Crippen LogP contribution in [0.4, 0.5) is 6.01 Å². The number of rotatable bonds is 5. The third-order valence-electron chi connectivity index (χ3n) is 3.23. The highest BCUT2D eigenvalue weighted by atomic mass is 79.9.